The number of hydrogen-bond donors (Lipinski definition) is 0. The van der Waals surface area contributed by atoms with Crippen LogP contribution in [0.2, 0.25) is 5.02 Å². The predicted octanol–water partition coefficient (Wildman–Crippen LogP) is 5.30. The van der Waals surface area contributed by atoms with Gasteiger partial charge in [0, 0.05) is 43.1 Å². The Labute approximate surface area is 227 Å². The third-order valence-corrected chi connectivity index (χ3v) is 7.15. The number of anilines is 1. The molecule has 0 radical (unpaired) electrons. The van der Waals surface area contributed by atoms with Gasteiger partial charge in [0.2, 0.25) is 0 Å². The molecule has 0 N–H and O–H groups in total. The van der Waals surface area contributed by atoms with Crippen molar-refractivity contribution in [3.63, 3.8) is 0 Å². The molecule has 6 rings (SSSR count). The monoisotopic (exact) mass is 534 g/mol. The molecule has 0 bridgehead atoms. The van der Waals surface area contributed by atoms with Gasteiger partial charge in [-0.25, -0.2) is 14.6 Å². The van der Waals surface area contributed by atoms with Gasteiger partial charge in [-0.3, -0.25) is 4.90 Å². The quantitative estimate of drug-likeness (QED) is 0.282. The summed E-state index contributed by atoms with van der Waals surface area (Å²) >= 11 is 6.36. The minimum atomic E-state index is 0. The average molecular weight is 535 g/mol. The number of piperazine rings is 1. The number of benzene rings is 3. The van der Waals surface area contributed by atoms with E-state index in [-0.39, 0.29) is 12.4 Å². The van der Waals surface area contributed by atoms with Gasteiger partial charge in [0.15, 0.2) is 5.65 Å². The van der Waals surface area contributed by atoms with Crippen molar-refractivity contribution in [2.24, 2.45) is 0 Å². The zero-order chi connectivity index (χ0) is 24.3. The summed E-state index contributed by atoms with van der Waals surface area (Å²) in [5.74, 6) is 1.89. The first-order chi connectivity index (χ1) is 17.8. The van der Waals surface area contributed by atoms with Gasteiger partial charge in [0.05, 0.1) is 18.1 Å². The highest BCUT2D eigenvalue weighted by Crippen LogP contribution is 2.26. The van der Waals surface area contributed by atoms with Gasteiger partial charge in [-0.05, 0) is 23.1 Å². The maximum Gasteiger partial charge on any atom is 0.163 e. The fourth-order valence-electron chi connectivity index (χ4n) is 4.83. The summed E-state index contributed by atoms with van der Waals surface area (Å²) in [6.45, 7) is 5.85. The van der Waals surface area contributed by atoms with E-state index in [1.807, 2.05) is 41.2 Å². The van der Waals surface area contributed by atoms with E-state index in [4.69, 9.17) is 16.3 Å². The van der Waals surface area contributed by atoms with E-state index in [1.165, 1.54) is 5.39 Å². The van der Waals surface area contributed by atoms with Crippen molar-refractivity contribution in [3.05, 3.63) is 89.8 Å². The van der Waals surface area contributed by atoms with E-state index in [0.29, 0.717) is 13.2 Å². The molecular formula is C28H28Cl2N6O. The van der Waals surface area contributed by atoms with Crippen LogP contribution in [0.25, 0.3) is 21.8 Å². The molecule has 7 nitrogen and oxygen atoms in total. The Kier molecular flexibility index (Phi) is 7.74. The second-order valence-electron chi connectivity index (χ2n) is 8.98. The number of hydrogen-bond acceptors (Lipinski definition) is 6. The van der Waals surface area contributed by atoms with Crippen molar-refractivity contribution in [2.45, 2.75) is 6.54 Å². The Morgan fingerprint density at radius 3 is 2.49 bits per heavy atom. The second kappa shape index (κ2) is 11.3. The zero-order valence-electron chi connectivity index (χ0n) is 20.3. The summed E-state index contributed by atoms with van der Waals surface area (Å²) in [6, 6.07) is 22.4. The molecule has 0 saturated carbocycles. The van der Waals surface area contributed by atoms with Crippen LogP contribution in [0.4, 0.5) is 5.82 Å². The molecule has 37 heavy (non-hydrogen) atoms. The SMILES string of the molecule is Cl.Clc1ccccc1Cn1ncc2c(N3CCN(CCOc4cccc5ccccc45)CC3)ncnc21. The number of rotatable bonds is 7. The van der Waals surface area contributed by atoms with Crippen LogP contribution in [0.3, 0.4) is 0 Å². The van der Waals surface area contributed by atoms with Crippen molar-refractivity contribution in [2.75, 3.05) is 44.2 Å². The van der Waals surface area contributed by atoms with Crippen LogP contribution >= 0.6 is 24.0 Å². The van der Waals surface area contributed by atoms with E-state index < -0.39 is 0 Å². The average Bonchev–Trinajstić information content (AvgIpc) is 3.33. The minimum absolute atomic E-state index is 0. The van der Waals surface area contributed by atoms with Gasteiger partial charge in [-0.1, -0.05) is 66.2 Å². The molecule has 3 heterocycles. The van der Waals surface area contributed by atoms with Crippen LogP contribution in [0.1, 0.15) is 5.56 Å². The predicted molar refractivity (Wildman–Crippen MR) is 151 cm³/mol. The molecule has 1 aliphatic heterocycles. The highest BCUT2D eigenvalue weighted by Gasteiger charge is 2.21. The molecule has 5 aromatic rings. The minimum Gasteiger partial charge on any atom is -0.492 e. The molecule has 0 spiro atoms. The van der Waals surface area contributed by atoms with Gasteiger partial charge < -0.3 is 9.64 Å². The molecule has 0 unspecified atom stereocenters. The van der Waals surface area contributed by atoms with Crippen LogP contribution < -0.4 is 9.64 Å². The topological polar surface area (TPSA) is 59.3 Å². The van der Waals surface area contributed by atoms with Gasteiger partial charge >= 0.3 is 0 Å². The third-order valence-electron chi connectivity index (χ3n) is 6.78. The van der Waals surface area contributed by atoms with E-state index in [0.717, 1.165) is 71.3 Å². The lowest BCUT2D eigenvalue weighted by molar-refractivity contribution is 0.201. The summed E-state index contributed by atoms with van der Waals surface area (Å²) in [4.78, 5) is 13.9. The smallest absolute Gasteiger partial charge is 0.163 e. The lowest BCUT2D eigenvalue weighted by Crippen LogP contribution is -2.47. The Morgan fingerprint density at radius 1 is 0.838 bits per heavy atom. The Bertz CT molecular complexity index is 1490. The van der Waals surface area contributed by atoms with Gasteiger partial charge in [0.25, 0.3) is 0 Å². The molecule has 0 atom stereocenters. The van der Waals surface area contributed by atoms with Crippen LogP contribution in [0.5, 0.6) is 5.75 Å². The highest BCUT2D eigenvalue weighted by atomic mass is 35.5. The fourth-order valence-corrected chi connectivity index (χ4v) is 5.02. The standard InChI is InChI=1S/C28H27ClN6O.ClH/c29-25-10-4-2-7-22(25)19-35-28-24(18-32-35)27(30-20-31-28)34-14-12-33(13-15-34)16-17-36-26-11-5-8-21-6-1-3-9-23(21)26;/h1-11,18,20H,12-17,19H2;1H. The molecule has 190 valence electrons. The number of ether oxygens (including phenoxy) is 1. The molecule has 2 aromatic heterocycles. The normalized spacial score (nSPS) is 14.1. The van der Waals surface area contributed by atoms with Crippen LogP contribution in [-0.4, -0.2) is 64.0 Å². The zero-order valence-corrected chi connectivity index (χ0v) is 21.9. The molecule has 0 amide bonds. The summed E-state index contributed by atoms with van der Waals surface area (Å²) in [6.07, 6.45) is 3.50. The van der Waals surface area contributed by atoms with Crippen LogP contribution in [-0.2, 0) is 6.54 Å². The number of aromatic nitrogens is 4. The maximum absolute atomic E-state index is 6.36. The first-order valence-electron chi connectivity index (χ1n) is 12.2. The third kappa shape index (κ3) is 5.34. The van der Waals surface area contributed by atoms with Crippen molar-refractivity contribution in [1.29, 1.82) is 0 Å². The summed E-state index contributed by atoms with van der Waals surface area (Å²) < 4.78 is 8.05. The van der Waals surface area contributed by atoms with E-state index >= 15 is 0 Å². The molecule has 1 fully saturated rings. The Hall–Kier alpha value is -3.39. The molecule has 0 aliphatic carbocycles. The first-order valence-corrected chi connectivity index (χ1v) is 12.6. The number of nitrogens with zero attached hydrogens (tertiary/aromatic N) is 6. The van der Waals surface area contributed by atoms with Crippen LogP contribution in [0.15, 0.2) is 79.3 Å². The molecular weight excluding hydrogens is 507 g/mol. The molecule has 1 aliphatic rings. The highest BCUT2D eigenvalue weighted by molar-refractivity contribution is 6.31. The van der Waals surface area contributed by atoms with Crippen molar-refractivity contribution >= 4 is 51.6 Å². The second-order valence-corrected chi connectivity index (χ2v) is 9.39. The Balaban J connectivity index is 0.00000280. The van der Waals surface area contributed by atoms with Gasteiger partial charge in [0.1, 0.15) is 24.5 Å². The lowest BCUT2D eigenvalue weighted by atomic mass is 10.1. The number of fused-ring (bicyclic) bond motifs is 2. The van der Waals surface area contributed by atoms with E-state index in [9.17, 15) is 0 Å². The molecule has 3 aromatic carbocycles. The fraction of sp³-hybridized carbons (Fsp3) is 0.250. The van der Waals surface area contributed by atoms with Gasteiger partial charge in [-0.15, -0.1) is 12.4 Å². The molecule has 9 heteroatoms. The first kappa shape index (κ1) is 25.3. The number of halogens is 2. The van der Waals surface area contributed by atoms with Gasteiger partial charge in [-0.2, -0.15) is 5.10 Å². The summed E-state index contributed by atoms with van der Waals surface area (Å²) in [7, 11) is 0. The van der Waals surface area contributed by atoms with E-state index in [2.05, 4.69) is 61.3 Å². The maximum atomic E-state index is 6.36. The Morgan fingerprint density at radius 2 is 1.62 bits per heavy atom. The lowest BCUT2D eigenvalue weighted by Gasteiger charge is -2.35. The largest absolute Gasteiger partial charge is 0.492 e. The van der Waals surface area contributed by atoms with E-state index in [1.54, 1.807) is 6.33 Å². The summed E-state index contributed by atoms with van der Waals surface area (Å²) in [5, 5.41) is 8.66. The van der Waals surface area contributed by atoms with Crippen LogP contribution in [0, 0.1) is 0 Å². The van der Waals surface area contributed by atoms with Crippen molar-refractivity contribution < 1.29 is 4.74 Å². The van der Waals surface area contributed by atoms with Crippen molar-refractivity contribution in [3.8, 4) is 5.75 Å². The molecule has 1 saturated heterocycles. The summed E-state index contributed by atoms with van der Waals surface area (Å²) in [5.41, 5.74) is 1.84. The van der Waals surface area contributed by atoms with Crippen molar-refractivity contribution in [1.82, 2.24) is 24.6 Å².